The summed E-state index contributed by atoms with van der Waals surface area (Å²) in [4.78, 5) is 14.0. The minimum Gasteiger partial charge on any atom is -0.490 e. The fourth-order valence-corrected chi connectivity index (χ4v) is 1.95. The molecule has 1 N–H and O–H groups in total. The van der Waals surface area contributed by atoms with Gasteiger partial charge in [0.25, 0.3) is 0 Å². The monoisotopic (exact) mass is 210 g/mol. The van der Waals surface area contributed by atoms with Crippen LogP contribution in [0.1, 0.15) is 12.8 Å². The number of hydrogen-bond acceptors (Lipinski definition) is 4. The standard InChI is InChI=1S/C11H18N2O2/c14-10(11-3-1-8-15-11)9-13-6-2-4-12-5-7-13/h3,12H,1-2,4-9H2. The van der Waals surface area contributed by atoms with Crippen LogP contribution in [-0.4, -0.2) is 50.0 Å². The lowest BCUT2D eigenvalue weighted by molar-refractivity contribution is -0.119. The molecule has 1 fully saturated rings. The van der Waals surface area contributed by atoms with Gasteiger partial charge < -0.3 is 10.1 Å². The van der Waals surface area contributed by atoms with E-state index in [1.165, 1.54) is 0 Å². The van der Waals surface area contributed by atoms with E-state index in [2.05, 4.69) is 10.2 Å². The maximum absolute atomic E-state index is 11.8. The van der Waals surface area contributed by atoms with Crippen LogP contribution in [0.15, 0.2) is 11.8 Å². The number of carbonyl (C=O) groups excluding carboxylic acids is 1. The zero-order chi connectivity index (χ0) is 10.5. The third-order valence-corrected chi connectivity index (χ3v) is 2.78. The van der Waals surface area contributed by atoms with Crippen LogP contribution in [0, 0.1) is 0 Å². The zero-order valence-corrected chi connectivity index (χ0v) is 9.00. The molecule has 15 heavy (non-hydrogen) atoms. The molecule has 0 aromatic heterocycles. The molecule has 0 saturated carbocycles. The highest BCUT2D eigenvalue weighted by molar-refractivity contribution is 5.95. The summed E-state index contributed by atoms with van der Waals surface area (Å²) in [6, 6.07) is 0. The van der Waals surface area contributed by atoms with Crippen molar-refractivity contribution >= 4 is 5.78 Å². The molecule has 2 heterocycles. The third-order valence-electron chi connectivity index (χ3n) is 2.78. The van der Waals surface area contributed by atoms with Crippen molar-refractivity contribution < 1.29 is 9.53 Å². The Hall–Kier alpha value is -0.870. The minimum atomic E-state index is 0.134. The Bertz CT molecular complexity index is 255. The molecule has 0 aromatic rings. The summed E-state index contributed by atoms with van der Waals surface area (Å²) < 4.78 is 5.26. The van der Waals surface area contributed by atoms with Crippen LogP contribution in [0.2, 0.25) is 0 Å². The average Bonchev–Trinajstić information content (AvgIpc) is 2.65. The second-order valence-corrected chi connectivity index (χ2v) is 4.01. The van der Waals surface area contributed by atoms with Crippen molar-refractivity contribution in [2.45, 2.75) is 12.8 Å². The summed E-state index contributed by atoms with van der Waals surface area (Å²) in [6.45, 7) is 5.18. The highest BCUT2D eigenvalue weighted by atomic mass is 16.5. The van der Waals surface area contributed by atoms with Gasteiger partial charge in [0.1, 0.15) is 0 Å². The normalized spacial score (nSPS) is 23.1. The Morgan fingerprint density at radius 2 is 2.40 bits per heavy atom. The third kappa shape index (κ3) is 3.04. The molecule has 2 aliphatic heterocycles. The minimum absolute atomic E-state index is 0.134. The summed E-state index contributed by atoms with van der Waals surface area (Å²) in [5, 5.41) is 3.32. The zero-order valence-electron chi connectivity index (χ0n) is 9.00. The van der Waals surface area contributed by atoms with Crippen LogP contribution in [0.25, 0.3) is 0 Å². The Labute approximate surface area is 90.3 Å². The Morgan fingerprint density at radius 3 is 3.20 bits per heavy atom. The van der Waals surface area contributed by atoms with Gasteiger partial charge >= 0.3 is 0 Å². The molecular weight excluding hydrogens is 192 g/mol. The number of Topliss-reactive ketones (excluding diaryl/α,β-unsaturated/α-hetero) is 1. The van der Waals surface area contributed by atoms with Crippen LogP contribution in [-0.2, 0) is 9.53 Å². The first kappa shape index (κ1) is 10.6. The average molecular weight is 210 g/mol. The number of nitrogens with one attached hydrogen (secondary N) is 1. The van der Waals surface area contributed by atoms with Crippen molar-refractivity contribution in [1.29, 1.82) is 0 Å². The van der Waals surface area contributed by atoms with E-state index in [4.69, 9.17) is 4.74 Å². The lowest BCUT2D eigenvalue weighted by Crippen LogP contribution is -2.33. The lowest BCUT2D eigenvalue weighted by Gasteiger charge is -2.18. The number of rotatable bonds is 3. The number of nitrogens with zero attached hydrogens (tertiary/aromatic N) is 1. The first-order chi connectivity index (χ1) is 7.36. The van der Waals surface area contributed by atoms with Crippen LogP contribution in [0.5, 0.6) is 0 Å². The molecule has 84 valence electrons. The molecule has 0 spiro atoms. The molecule has 0 atom stereocenters. The molecule has 1 saturated heterocycles. The van der Waals surface area contributed by atoms with E-state index in [0.717, 1.165) is 39.0 Å². The van der Waals surface area contributed by atoms with Crippen LogP contribution >= 0.6 is 0 Å². The summed E-state index contributed by atoms with van der Waals surface area (Å²) in [5.74, 6) is 0.710. The van der Waals surface area contributed by atoms with Crippen molar-refractivity contribution in [3.63, 3.8) is 0 Å². The van der Waals surface area contributed by atoms with Gasteiger partial charge in [-0.05, 0) is 25.6 Å². The van der Waals surface area contributed by atoms with Crippen LogP contribution < -0.4 is 5.32 Å². The van der Waals surface area contributed by atoms with Gasteiger partial charge in [-0.15, -0.1) is 0 Å². The van der Waals surface area contributed by atoms with Crippen molar-refractivity contribution in [1.82, 2.24) is 10.2 Å². The number of hydrogen-bond donors (Lipinski definition) is 1. The van der Waals surface area contributed by atoms with Gasteiger partial charge in [0.05, 0.1) is 13.2 Å². The fraction of sp³-hybridized carbons (Fsp3) is 0.727. The van der Waals surface area contributed by atoms with Gasteiger partial charge in [0.15, 0.2) is 5.76 Å². The summed E-state index contributed by atoms with van der Waals surface area (Å²) >= 11 is 0. The highest BCUT2D eigenvalue weighted by Crippen LogP contribution is 2.10. The molecular formula is C11H18N2O2. The quantitative estimate of drug-likeness (QED) is 0.720. The summed E-state index contributed by atoms with van der Waals surface area (Å²) in [7, 11) is 0. The maximum atomic E-state index is 11.8. The highest BCUT2D eigenvalue weighted by Gasteiger charge is 2.18. The molecule has 0 aromatic carbocycles. The van der Waals surface area contributed by atoms with Crippen molar-refractivity contribution in [2.24, 2.45) is 0 Å². The van der Waals surface area contributed by atoms with Gasteiger partial charge in [0.2, 0.25) is 5.78 Å². The predicted molar refractivity (Wildman–Crippen MR) is 57.6 cm³/mol. The smallest absolute Gasteiger partial charge is 0.210 e. The fourth-order valence-electron chi connectivity index (χ4n) is 1.95. The SMILES string of the molecule is O=C(CN1CCCNCC1)C1=CCCO1. The van der Waals surface area contributed by atoms with Gasteiger partial charge in [-0.1, -0.05) is 0 Å². The summed E-state index contributed by atoms with van der Waals surface area (Å²) in [6.07, 6.45) is 3.90. The Kier molecular flexibility index (Phi) is 3.75. The number of ether oxygens (including phenoxy) is 1. The molecule has 0 unspecified atom stereocenters. The topological polar surface area (TPSA) is 41.6 Å². The molecule has 0 aliphatic carbocycles. The molecule has 4 heteroatoms. The lowest BCUT2D eigenvalue weighted by atomic mass is 10.2. The molecule has 2 aliphatic rings. The van der Waals surface area contributed by atoms with E-state index in [1.54, 1.807) is 0 Å². The first-order valence-electron chi connectivity index (χ1n) is 5.65. The molecule has 4 nitrogen and oxygen atoms in total. The Balaban J connectivity index is 1.81. The van der Waals surface area contributed by atoms with Gasteiger partial charge in [-0.25, -0.2) is 0 Å². The van der Waals surface area contributed by atoms with Gasteiger partial charge in [-0.2, -0.15) is 0 Å². The second-order valence-electron chi connectivity index (χ2n) is 4.01. The van der Waals surface area contributed by atoms with E-state index in [-0.39, 0.29) is 5.78 Å². The van der Waals surface area contributed by atoms with Crippen molar-refractivity contribution in [2.75, 3.05) is 39.3 Å². The number of ketones is 1. The Morgan fingerprint density at radius 1 is 1.47 bits per heavy atom. The van der Waals surface area contributed by atoms with E-state index in [1.807, 2.05) is 6.08 Å². The van der Waals surface area contributed by atoms with Crippen molar-refractivity contribution in [3.8, 4) is 0 Å². The molecule has 0 amide bonds. The molecule has 0 bridgehead atoms. The van der Waals surface area contributed by atoms with Crippen LogP contribution in [0.4, 0.5) is 0 Å². The van der Waals surface area contributed by atoms with E-state index >= 15 is 0 Å². The van der Waals surface area contributed by atoms with Crippen molar-refractivity contribution in [3.05, 3.63) is 11.8 Å². The number of carbonyl (C=O) groups is 1. The molecule has 0 radical (unpaired) electrons. The first-order valence-corrected chi connectivity index (χ1v) is 5.65. The maximum Gasteiger partial charge on any atom is 0.210 e. The predicted octanol–water partition coefficient (Wildman–Crippen LogP) is 0.155. The van der Waals surface area contributed by atoms with E-state index in [0.29, 0.717) is 18.9 Å². The largest absolute Gasteiger partial charge is 0.490 e. The van der Waals surface area contributed by atoms with E-state index < -0.39 is 0 Å². The molecule has 2 rings (SSSR count). The van der Waals surface area contributed by atoms with Gasteiger partial charge in [-0.3, -0.25) is 9.69 Å². The van der Waals surface area contributed by atoms with Crippen LogP contribution in [0.3, 0.4) is 0 Å². The second kappa shape index (κ2) is 5.28. The summed E-state index contributed by atoms with van der Waals surface area (Å²) in [5.41, 5.74) is 0. The van der Waals surface area contributed by atoms with Gasteiger partial charge in [0, 0.05) is 19.5 Å². The van der Waals surface area contributed by atoms with E-state index in [9.17, 15) is 4.79 Å².